The van der Waals surface area contributed by atoms with Gasteiger partial charge in [0.25, 0.3) is 0 Å². The zero-order valence-corrected chi connectivity index (χ0v) is 11.8. The number of nitrogens with zero attached hydrogens (tertiary/aromatic N) is 1. The molecule has 0 aliphatic heterocycles. The van der Waals surface area contributed by atoms with Gasteiger partial charge in [-0.3, -0.25) is 0 Å². The monoisotopic (exact) mass is 234 g/mol. The summed E-state index contributed by atoms with van der Waals surface area (Å²) in [6.07, 6.45) is 0.935. The second-order valence-electron chi connectivity index (χ2n) is 6.23. The molecule has 0 radical (unpaired) electrons. The van der Waals surface area contributed by atoms with Crippen molar-refractivity contribution in [1.82, 2.24) is 0 Å². The van der Waals surface area contributed by atoms with Crippen LogP contribution in [-0.2, 0) is 6.42 Å². The van der Waals surface area contributed by atoms with Gasteiger partial charge in [0.2, 0.25) is 0 Å². The first-order valence-electron chi connectivity index (χ1n) is 6.34. The third-order valence-corrected chi connectivity index (χ3v) is 2.66. The highest BCUT2D eigenvalue weighted by Gasteiger charge is 2.16. The predicted octanol–water partition coefficient (Wildman–Crippen LogP) is 3.06. The zero-order chi connectivity index (χ0) is 13.1. The van der Waals surface area contributed by atoms with Gasteiger partial charge in [0.05, 0.1) is 0 Å². The number of para-hydroxylation sites is 1. The molecule has 0 heterocycles. The molecule has 0 aromatic heterocycles. The molecule has 0 bridgehead atoms. The minimum atomic E-state index is 0.208. The second-order valence-corrected chi connectivity index (χ2v) is 6.23. The number of hydrogen-bond acceptors (Lipinski definition) is 2. The van der Waals surface area contributed by atoms with Gasteiger partial charge in [-0.2, -0.15) is 0 Å². The summed E-state index contributed by atoms with van der Waals surface area (Å²) < 4.78 is 0. The summed E-state index contributed by atoms with van der Waals surface area (Å²) in [6, 6.07) is 8.76. The summed E-state index contributed by atoms with van der Waals surface area (Å²) in [6.45, 7) is 9.89. The maximum atomic E-state index is 5.90. The summed E-state index contributed by atoms with van der Waals surface area (Å²) in [5.74, 6) is 0. The van der Waals surface area contributed by atoms with Crippen molar-refractivity contribution < 1.29 is 0 Å². The molecule has 96 valence electrons. The lowest BCUT2D eigenvalue weighted by Gasteiger charge is -2.30. The van der Waals surface area contributed by atoms with Crippen LogP contribution >= 0.6 is 0 Å². The van der Waals surface area contributed by atoms with Crippen molar-refractivity contribution in [2.75, 3.05) is 18.5 Å². The van der Waals surface area contributed by atoms with Gasteiger partial charge >= 0.3 is 0 Å². The smallest absolute Gasteiger partial charge is 0.0396 e. The van der Waals surface area contributed by atoms with Gasteiger partial charge in [0, 0.05) is 25.3 Å². The van der Waals surface area contributed by atoms with Crippen LogP contribution in [0.25, 0.3) is 0 Å². The summed E-state index contributed by atoms with van der Waals surface area (Å²) in [5, 5.41) is 0. The van der Waals surface area contributed by atoms with Crippen LogP contribution in [0, 0.1) is 5.41 Å². The first-order valence-corrected chi connectivity index (χ1v) is 6.34. The molecule has 0 aliphatic carbocycles. The molecule has 0 spiro atoms. The van der Waals surface area contributed by atoms with Crippen molar-refractivity contribution in [2.24, 2.45) is 11.1 Å². The summed E-state index contributed by atoms with van der Waals surface area (Å²) in [5.41, 5.74) is 8.85. The molecule has 2 N–H and O–H groups in total. The molecule has 0 amide bonds. The maximum absolute atomic E-state index is 5.90. The molecule has 1 atom stereocenters. The van der Waals surface area contributed by atoms with Gasteiger partial charge in [0.15, 0.2) is 0 Å². The van der Waals surface area contributed by atoms with Gasteiger partial charge in [-0.15, -0.1) is 0 Å². The first kappa shape index (κ1) is 14.0. The lowest BCUT2D eigenvalue weighted by atomic mass is 9.95. The number of hydrogen-bond donors (Lipinski definition) is 1. The van der Waals surface area contributed by atoms with E-state index in [9.17, 15) is 0 Å². The highest BCUT2D eigenvalue weighted by molar-refractivity contribution is 5.53. The Morgan fingerprint density at radius 3 is 2.35 bits per heavy atom. The largest absolute Gasteiger partial charge is 0.374 e. The Hall–Kier alpha value is -1.02. The van der Waals surface area contributed by atoms with Crippen LogP contribution in [0.2, 0.25) is 0 Å². The zero-order valence-electron chi connectivity index (χ0n) is 11.8. The van der Waals surface area contributed by atoms with E-state index in [-0.39, 0.29) is 6.04 Å². The minimum Gasteiger partial charge on any atom is -0.374 e. The van der Waals surface area contributed by atoms with Crippen LogP contribution in [0.5, 0.6) is 0 Å². The third kappa shape index (κ3) is 4.78. The van der Waals surface area contributed by atoms with Gasteiger partial charge in [0.1, 0.15) is 0 Å². The Morgan fingerprint density at radius 2 is 1.82 bits per heavy atom. The fourth-order valence-corrected chi connectivity index (χ4v) is 2.20. The third-order valence-electron chi connectivity index (χ3n) is 2.66. The molecule has 1 aromatic rings. The van der Waals surface area contributed by atoms with E-state index in [1.807, 2.05) is 0 Å². The van der Waals surface area contributed by atoms with Crippen LogP contribution in [0.1, 0.15) is 33.3 Å². The number of anilines is 1. The van der Waals surface area contributed by atoms with Crippen molar-refractivity contribution in [3.8, 4) is 0 Å². The maximum Gasteiger partial charge on any atom is 0.0396 e. The van der Waals surface area contributed by atoms with E-state index in [1.54, 1.807) is 0 Å². The quantitative estimate of drug-likeness (QED) is 0.867. The lowest BCUT2D eigenvalue weighted by Crippen LogP contribution is -2.30. The van der Waals surface area contributed by atoms with E-state index in [0.29, 0.717) is 5.41 Å². The standard InChI is InChI=1S/C15H26N2/c1-12(16)10-13-8-6-7-9-14(13)17(5)11-15(2,3)4/h6-9,12H,10-11,16H2,1-5H3. The molecule has 2 nitrogen and oxygen atoms in total. The molecule has 2 heteroatoms. The van der Waals surface area contributed by atoms with Crippen molar-refractivity contribution in [1.29, 1.82) is 0 Å². The minimum absolute atomic E-state index is 0.208. The molecule has 0 aliphatic rings. The average molecular weight is 234 g/mol. The van der Waals surface area contributed by atoms with Gasteiger partial charge < -0.3 is 10.6 Å². The number of nitrogens with two attached hydrogens (primary N) is 1. The summed E-state index contributed by atoms with van der Waals surface area (Å²) >= 11 is 0. The normalized spacial score (nSPS) is 13.5. The molecular weight excluding hydrogens is 208 g/mol. The van der Waals surface area contributed by atoms with Crippen LogP contribution < -0.4 is 10.6 Å². The lowest BCUT2D eigenvalue weighted by molar-refractivity contribution is 0.418. The molecule has 1 aromatic carbocycles. The van der Waals surface area contributed by atoms with Gasteiger partial charge in [-0.05, 0) is 30.4 Å². The van der Waals surface area contributed by atoms with E-state index in [0.717, 1.165) is 13.0 Å². The van der Waals surface area contributed by atoms with E-state index in [1.165, 1.54) is 11.3 Å². The van der Waals surface area contributed by atoms with Crippen LogP contribution in [0.3, 0.4) is 0 Å². The molecule has 0 saturated heterocycles. The average Bonchev–Trinajstić information content (AvgIpc) is 2.14. The highest BCUT2D eigenvalue weighted by Crippen LogP contribution is 2.24. The Morgan fingerprint density at radius 1 is 1.24 bits per heavy atom. The fourth-order valence-electron chi connectivity index (χ4n) is 2.20. The Labute approximate surface area is 106 Å². The fraction of sp³-hybridized carbons (Fsp3) is 0.600. The van der Waals surface area contributed by atoms with Crippen molar-refractivity contribution in [3.63, 3.8) is 0 Å². The number of benzene rings is 1. The number of rotatable bonds is 4. The highest BCUT2D eigenvalue weighted by atomic mass is 15.1. The Bertz CT molecular complexity index is 350. The van der Waals surface area contributed by atoms with Crippen LogP contribution in [0.15, 0.2) is 24.3 Å². The van der Waals surface area contributed by atoms with E-state index < -0.39 is 0 Å². The molecule has 1 unspecified atom stereocenters. The van der Waals surface area contributed by atoms with Crippen molar-refractivity contribution in [3.05, 3.63) is 29.8 Å². The van der Waals surface area contributed by atoms with Crippen molar-refractivity contribution in [2.45, 2.75) is 40.2 Å². The van der Waals surface area contributed by atoms with Gasteiger partial charge in [-0.1, -0.05) is 39.0 Å². The molecule has 1 rings (SSSR count). The Balaban J connectivity index is 2.88. The molecular formula is C15H26N2. The van der Waals surface area contributed by atoms with E-state index in [2.05, 4.69) is 63.9 Å². The first-order chi connectivity index (χ1) is 7.79. The molecule has 0 saturated carbocycles. The molecule has 0 fully saturated rings. The van der Waals surface area contributed by atoms with Crippen LogP contribution in [0.4, 0.5) is 5.69 Å². The van der Waals surface area contributed by atoms with Crippen LogP contribution in [-0.4, -0.2) is 19.6 Å². The predicted molar refractivity (Wildman–Crippen MR) is 76.5 cm³/mol. The summed E-state index contributed by atoms with van der Waals surface area (Å²) in [7, 11) is 2.16. The van der Waals surface area contributed by atoms with E-state index in [4.69, 9.17) is 5.73 Å². The topological polar surface area (TPSA) is 29.3 Å². The second kappa shape index (κ2) is 5.54. The van der Waals surface area contributed by atoms with Gasteiger partial charge in [-0.25, -0.2) is 0 Å². The summed E-state index contributed by atoms with van der Waals surface area (Å²) in [4.78, 5) is 2.33. The van der Waals surface area contributed by atoms with Crippen molar-refractivity contribution >= 4 is 5.69 Å². The molecule has 17 heavy (non-hydrogen) atoms. The van der Waals surface area contributed by atoms with E-state index >= 15 is 0 Å². The SMILES string of the molecule is CC(N)Cc1ccccc1N(C)CC(C)(C)C. The Kier molecular flexibility index (Phi) is 4.58.